The number of para-hydroxylation sites is 1. The number of carbonyl (C=O) groups is 1. The Bertz CT molecular complexity index is 394. The van der Waals surface area contributed by atoms with Gasteiger partial charge in [-0.05, 0) is 25.0 Å². The smallest absolute Gasteiger partial charge is 0.222 e. The van der Waals surface area contributed by atoms with E-state index in [2.05, 4.69) is 29.4 Å². The van der Waals surface area contributed by atoms with E-state index in [0.717, 1.165) is 19.4 Å². The molecule has 1 atom stereocenters. The van der Waals surface area contributed by atoms with Gasteiger partial charge in [0.15, 0.2) is 0 Å². The van der Waals surface area contributed by atoms with Crippen LogP contribution in [0, 0.1) is 0 Å². The summed E-state index contributed by atoms with van der Waals surface area (Å²) in [6.45, 7) is 2.04. The SMILES string of the molecule is COC(CN)CC(=O)NCCCCN(C)c1ccccc1. The molecular formula is C16H27N3O2. The summed E-state index contributed by atoms with van der Waals surface area (Å²) in [5.41, 5.74) is 6.70. The van der Waals surface area contributed by atoms with E-state index < -0.39 is 0 Å². The van der Waals surface area contributed by atoms with E-state index in [1.54, 1.807) is 7.11 Å². The molecule has 5 heteroatoms. The molecular weight excluding hydrogens is 266 g/mol. The zero-order chi connectivity index (χ0) is 15.5. The first-order valence-electron chi connectivity index (χ1n) is 7.43. The molecule has 0 fully saturated rings. The normalized spacial score (nSPS) is 12.0. The van der Waals surface area contributed by atoms with E-state index >= 15 is 0 Å². The minimum absolute atomic E-state index is 0.00344. The van der Waals surface area contributed by atoms with Crippen molar-refractivity contribution >= 4 is 11.6 Å². The molecule has 0 aromatic heterocycles. The summed E-state index contributed by atoms with van der Waals surface area (Å²) in [7, 11) is 3.66. The van der Waals surface area contributed by atoms with Crippen LogP contribution in [-0.4, -0.2) is 45.8 Å². The van der Waals surface area contributed by atoms with Crippen LogP contribution in [0.5, 0.6) is 0 Å². The van der Waals surface area contributed by atoms with E-state index in [-0.39, 0.29) is 12.0 Å². The van der Waals surface area contributed by atoms with E-state index in [4.69, 9.17) is 10.5 Å². The largest absolute Gasteiger partial charge is 0.380 e. The van der Waals surface area contributed by atoms with Gasteiger partial charge in [-0.1, -0.05) is 18.2 Å². The molecule has 1 aromatic carbocycles. The fourth-order valence-corrected chi connectivity index (χ4v) is 2.06. The summed E-state index contributed by atoms with van der Waals surface area (Å²) in [5, 5.41) is 2.90. The highest BCUT2D eigenvalue weighted by Crippen LogP contribution is 2.11. The molecule has 0 radical (unpaired) electrons. The van der Waals surface area contributed by atoms with Crippen molar-refractivity contribution in [1.82, 2.24) is 5.32 Å². The number of carbonyl (C=O) groups excluding carboxylic acids is 1. The highest BCUT2D eigenvalue weighted by atomic mass is 16.5. The third-order valence-corrected chi connectivity index (χ3v) is 3.45. The van der Waals surface area contributed by atoms with E-state index in [9.17, 15) is 4.79 Å². The molecule has 0 saturated carbocycles. The molecule has 21 heavy (non-hydrogen) atoms. The van der Waals surface area contributed by atoms with Crippen molar-refractivity contribution in [3.8, 4) is 0 Å². The second-order valence-electron chi connectivity index (χ2n) is 5.11. The van der Waals surface area contributed by atoms with Gasteiger partial charge in [-0.3, -0.25) is 4.79 Å². The summed E-state index contributed by atoms with van der Waals surface area (Å²) in [4.78, 5) is 13.9. The van der Waals surface area contributed by atoms with Crippen molar-refractivity contribution in [2.45, 2.75) is 25.4 Å². The lowest BCUT2D eigenvalue weighted by molar-refractivity contribution is -0.123. The third-order valence-electron chi connectivity index (χ3n) is 3.45. The summed E-state index contributed by atoms with van der Waals surface area (Å²) in [6, 6.07) is 10.3. The van der Waals surface area contributed by atoms with Crippen molar-refractivity contribution in [2.75, 3.05) is 38.7 Å². The Kier molecular flexibility index (Phi) is 8.47. The molecule has 3 N–H and O–H groups in total. The molecule has 1 rings (SSSR count). The lowest BCUT2D eigenvalue weighted by atomic mass is 10.2. The Balaban J connectivity index is 2.10. The highest BCUT2D eigenvalue weighted by molar-refractivity contribution is 5.76. The number of anilines is 1. The highest BCUT2D eigenvalue weighted by Gasteiger charge is 2.10. The fourth-order valence-electron chi connectivity index (χ4n) is 2.06. The van der Waals surface area contributed by atoms with Crippen LogP contribution in [0.3, 0.4) is 0 Å². The van der Waals surface area contributed by atoms with Crippen LogP contribution in [0.1, 0.15) is 19.3 Å². The van der Waals surface area contributed by atoms with Crippen molar-refractivity contribution in [3.63, 3.8) is 0 Å². The molecule has 0 spiro atoms. The molecule has 0 saturated heterocycles. The molecule has 0 aliphatic rings. The standard InChI is InChI=1S/C16H27N3O2/c1-19(14-8-4-3-5-9-14)11-7-6-10-18-16(20)12-15(13-17)21-2/h3-5,8-9,15H,6-7,10-13,17H2,1-2H3,(H,18,20). The maximum Gasteiger partial charge on any atom is 0.222 e. The predicted molar refractivity (Wildman–Crippen MR) is 86.4 cm³/mol. The summed E-state index contributed by atoms with van der Waals surface area (Å²) >= 11 is 0. The van der Waals surface area contributed by atoms with Gasteiger partial charge in [0.1, 0.15) is 0 Å². The Labute approximate surface area is 127 Å². The van der Waals surface area contributed by atoms with Crippen LogP contribution in [0.15, 0.2) is 30.3 Å². The maximum atomic E-state index is 11.6. The zero-order valence-electron chi connectivity index (χ0n) is 13.0. The van der Waals surface area contributed by atoms with Crippen LogP contribution in [0.4, 0.5) is 5.69 Å². The monoisotopic (exact) mass is 293 g/mol. The Morgan fingerprint density at radius 1 is 1.33 bits per heavy atom. The summed E-state index contributed by atoms with van der Waals surface area (Å²) < 4.78 is 5.09. The summed E-state index contributed by atoms with van der Waals surface area (Å²) in [5.74, 6) is 0.00344. The second kappa shape index (κ2) is 10.2. The molecule has 0 heterocycles. The molecule has 5 nitrogen and oxygen atoms in total. The van der Waals surface area contributed by atoms with Crippen molar-refractivity contribution in [1.29, 1.82) is 0 Å². The Morgan fingerprint density at radius 3 is 2.67 bits per heavy atom. The van der Waals surface area contributed by atoms with Gasteiger partial charge in [0.05, 0.1) is 12.5 Å². The average molecular weight is 293 g/mol. The number of amides is 1. The minimum atomic E-state index is -0.186. The van der Waals surface area contributed by atoms with E-state index in [1.165, 1.54) is 5.69 Å². The maximum absolute atomic E-state index is 11.6. The third kappa shape index (κ3) is 7.11. The van der Waals surface area contributed by atoms with Crippen molar-refractivity contribution < 1.29 is 9.53 Å². The van der Waals surface area contributed by atoms with Crippen LogP contribution in [0.25, 0.3) is 0 Å². The Morgan fingerprint density at radius 2 is 2.05 bits per heavy atom. The first kappa shape index (κ1) is 17.5. The number of nitrogens with zero attached hydrogens (tertiary/aromatic N) is 1. The molecule has 0 aliphatic heterocycles. The fraction of sp³-hybridized carbons (Fsp3) is 0.562. The molecule has 0 aliphatic carbocycles. The van der Waals surface area contributed by atoms with Gasteiger partial charge >= 0.3 is 0 Å². The minimum Gasteiger partial charge on any atom is -0.380 e. The molecule has 1 aromatic rings. The van der Waals surface area contributed by atoms with Crippen LogP contribution in [0.2, 0.25) is 0 Å². The van der Waals surface area contributed by atoms with Crippen molar-refractivity contribution in [3.05, 3.63) is 30.3 Å². The first-order valence-corrected chi connectivity index (χ1v) is 7.43. The zero-order valence-corrected chi connectivity index (χ0v) is 13.0. The molecule has 1 unspecified atom stereocenters. The molecule has 1 amide bonds. The second-order valence-corrected chi connectivity index (χ2v) is 5.11. The van der Waals surface area contributed by atoms with Gasteiger partial charge in [-0.2, -0.15) is 0 Å². The van der Waals surface area contributed by atoms with Gasteiger partial charge in [0, 0.05) is 39.5 Å². The van der Waals surface area contributed by atoms with Gasteiger partial charge < -0.3 is 20.7 Å². The molecule has 0 bridgehead atoms. The van der Waals surface area contributed by atoms with Crippen LogP contribution >= 0.6 is 0 Å². The lowest BCUT2D eigenvalue weighted by Gasteiger charge is -2.19. The number of methoxy groups -OCH3 is 1. The Hall–Kier alpha value is -1.59. The average Bonchev–Trinajstić information content (AvgIpc) is 2.52. The van der Waals surface area contributed by atoms with Crippen LogP contribution < -0.4 is 16.0 Å². The first-order chi connectivity index (χ1) is 10.2. The number of hydrogen-bond donors (Lipinski definition) is 2. The van der Waals surface area contributed by atoms with Gasteiger partial charge in [0.2, 0.25) is 5.91 Å². The number of hydrogen-bond acceptors (Lipinski definition) is 4. The summed E-state index contributed by atoms with van der Waals surface area (Å²) in [6.07, 6.45) is 2.14. The predicted octanol–water partition coefficient (Wildman–Crippen LogP) is 1.38. The van der Waals surface area contributed by atoms with Gasteiger partial charge in [0.25, 0.3) is 0 Å². The number of ether oxygens (including phenoxy) is 1. The van der Waals surface area contributed by atoms with E-state index in [1.807, 2.05) is 18.2 Å². The number of nitrogens with two attached hydrogens (primary N) is 1. The lowest BCUT2D eigenvalue weighted by Crippen LogP contribution is -2.32. The topological polar surface area (TPSA) is 67.6 Å². The number of rotatable bonds is 10. The molecule has 118 valence electrons. The van der Waals surface area contributed by atoms with Crippen LogP contribution in [-0.2, 0) is 9.53 Å². The van der Waals surface area contributed by atoms with E-state index in [0.29, 0.717) is 19.5 Å². The number of unbranched alkanes of at least 4 members (excludes halogenated alkanes) is 1. The van der Waals surface area contributed by atoms with Gasteiger partial charge in [-0.15, -0.1) is 0 Å². The van der Waals surface area contributed by atoms with Gasteiger partial charge in [-0.25, -0.2) is 0 Å². The number of nitrogens with one attached hydrogen (secondary N) is 1. The quantitative estimate of drug-likeness (QED) is 0.640. The van der Waals surface area contributed by atoms with Crippen molar-refractivity contribution in [2.24, 2.45) is 5.73 Å². The number of benzene rings is 1.